The van der Waals surface area contributed by atoms with Gasteiger partial charge in [-0.05, 0) is 122 Å². The molecule has 0 aromatic carbocycles. The molecular weight excluding hydrogens is 889 g/mol. The van der Waals surface area contributed by atoms with Crippen LogP contribution < -0.4 is 0 Å². The molecular formula is C66H106O6. The van der Waals surface area contributed by atoms with Gasteiger partial charge in [0, 0.05) is 19.3 Å². The van der Waals surface area contributed by atoms with E-state index in [0.717, 1.165) is 148 Å². The fraction of sp³-hybridized carbons (Fsp3) is 0.621. The summed E-state index contributed by atoms with van der Waals surface area (Å²) in [6.45, 7) is 6.41. The largest absolute Gasteiger partial charge is 0.462 e. The molecule has 6 nitrogen and oxygen atoms in total. The summed E-state index contributed by atoms with van der Waals surface area (Å²) in [7, 11) is 0. The summed E-state index contributed by atoms with van der Waals surface area (Å²) in [5.41, 5.74) is 0. The molecule has 0 aliphatic rings. The molecule has 0 radical (unpaired) electrons. The number of rotatable bonds is 51. The molecule has 0 aromatic rings. The maximum absolute atomic E-state index is 12.8. The molecule has 0 spiro atoms. The minimum atomic E-state index is -0.800. The topological polar surface area (TPSA) is 78.9 Å². The fourth-order valence-corrected chi connectivity index (χ4v) is 7.52. The van der Waals surface area contributed by atoms with Crippen LogP contribution in [-0.2, 0) is 28.6 Å². The van der Waals surface area contributed by atoms with E-state index in [1.165, 1.54) is 57.8 Å². The molecule has 6 heteroatoms. The van der Waals surface area contributed by atoms with Gasteiger partial charge in [0.25, 0.3) is 0 Å². The van der Waals surface area contributed by atoms with Gasteiger partial charge in [0.05, 0.1) is 0 Å². The SMILES string of the molecule is CC/C=C\C/C=C\C/C=C\C/C=C\C/C=C\C/C=C\C/C=C\C/C=C\C/C=C\CCCCCC(=O)OCC(COC(=O)CCCCCCCCC)OC(=O)CCCCCCC/C=C\C/C=C\CCCCCC. The highest BCUT2D eigenvalue weighted by Crippen LogP contribution is 2.13. The maximum Gasteiger partial charge on any atom is 0.306 e. The van der Waals surface area contributed by atoms with Crippen LogP contribution in [0.4, 0.5) is 0 Å². The first-order valence-corrected chi connectivity index (χ1v) is 29.2. The molecule has 1 unspecified atom stereocenters. The highest BCUT2D eigenvalue weighted by atomic mass is 16.6. The summed E-state index contributed by atoms with van der Waals surface area (Å²) in [6, 6.07) is 0. The van der Waals surface area contributed by atoms with Crippen molar-refractivity contribution in [1.29, 1.82) is 0 Å². The number of carbonyl (C=O) groups is 3. The molecule has 0 saturated carbocycles. The lowest BCUT2D eigenvalue weighted by Gasteiger charge is -2.18. The molecule has 72 heavy (non-hydrogen) atoms. The minimum absolute atomic E-state index is 0.0973. The Balaban J connectivity index is 4.28. The van der Waals surface area contributed by atoms with Crippen molar-refractivity contribution in [2.24, 2.45) is 0 Å². The molecule has 0 saturated heterocycles. The van der Waals surface area contributed by atoms with Crippen molar-refractivity contribution in [3.8, 4) is 0 Å². The monoisotopic (exact) mass is 995 g/mol. The number of allylic oxidation sites excluding steroid dienone is 22. The molecule has 1 atom stereocenters. The Kier molecular flexibility index (Phi) is 55.5. The van der Waals surface area contributed by atoms with Gasteiger partial charge in [-0.15, -0.1) is 0 Å². The first-order chi connectivity index (χ1) is 35.5. The molecule has 406 valence electrons. The quantitative estimate of drug-likeness (QED) is 0.0261. The Hall–Kier alpha value is -4.45. The highest BCUT2D eigenvalue weighted by Gasteiger charge is 2.19. The smallest absolute Gasteiger partial charge is 0.306 e. The van der Waals surface area contributed by atoms with Gasteiger partial charge in [-0.1, -0.05) is 238 Å². The Morgan fingerprint density at radius 2 is 0.542 bits per heavy atom. The van der Waals surface area contributed by atoms with Crippen LogP contribution in [0.5, 0.6) is 0 Å². The maximum atomic E-state index is 12.8. The fourth-order valence-electron chi connectivity index (χ4n) is 7.52. The van der Waals surface area contributed by atoms with E-state index < -0.39 is 6.10 Å². The summed E-state index contributed by atoms with van der Waals surface area (Å²) in [6.07, 6.45) is 83.2. The average Bonchev–Trinajstić information content (AvgIpc) is 3.38. The number of carbonyl (C=O) groups excluding carboxylic acids is 3. The van der Waals surface area contributed by atoms with Gasteiger partial charge in [0.2, 0.25) is 0 Å². The van der Waals surface area contributed by atoms with Gasteiger partial charge >= 0.3 is 17.9 Å². The molecule has 0 aromatic heterocycles. The third-order valence-corrected chi connectivity index (χ3v) is 11.9. The zero-order valence-corrected chi connectivity index (χ0v) is 46.4. The van der Waals surface area contributed by atoms with Crippen molar-refractivity contribution >= 4 is 17.9 Å². The van der Waals surface area contributed by atoms with E-state index in [9.17, 15) is 14.4 Å². The predicted molar refractivity (Wildman–Crippen MR) is 311 cm³/mol. The summed E-state index contributed by atoms with van der Waals surface area (Å²) in [5.74, 6) is -0.957. The van der Waals surface area contributed by atoms with Gasteiger partial charge in [0.15, 0.2) is 6.10 Å². The van der Waals surface area contributed by atoms with E-state index in [1.54, 1.807) is 0 Å². The van der Waals surface area contributed by atoms with Crippen LogP contribution in [0.2, 0.25) is 0 Å². The van der Waals surface area contributed by atoms with Crippen molar-refractivity contribution in [3.63, 3.8) is 0 Å². The normalized spacial score (nSPS) is 13.1. The number of ether oxygens (including phenoxy) is 3. The van der Waals surface area contributed by atoms with E-state index in [1.807, 2.05) is 0 Å². The second kappa shape index (κ2) is 59.1. The molecule has 0 amide bonds. The van der Waals surface area contributed by atoms with Gasteiger partial charge < -0.3 is 14.2 Å². The highest BCUT2D eigenvalue weighted by molar-refractivity contribution is 5.71. The van der Waals surface area contributed by atoms with Crippen LogP contribution in [0.15, 0.2) is 134 Å². The van der Waals surface area contributed by atoms with Gasteiger partial charge in [-0.25, -0.2) is 0 Å². The van der Waals surface area contributed by atoms with Crippen molar-refractivity contribution in [1.82, 2.24) is 0 Å². The molecule has 0 aliphatic heterocycles. The van der Waals surface area contributed by atoms with Crippen LogP contribution in [0.25, 0.3) is 0 Å². The van der Waals surface area contributed by atoms with Crippen LogP contribution in [0.1, 0.15) is 245 Å². The van der Waals surface area contributed by atoms with Crippen LogP contribution in [0, 0.1) is 0 Å². The van der Waals surface area contributed by atoms with Crippen molar-refractivity contribution in [2.75, 3.05) is 13.2 Å². The van der Waals surface area contributed by atoms with Gasteiger partial charge in [-0.3, -0.25) is 14.4 Å². The Labute approximate surface area is 443 Å². The number of hydrogen-bond acceptors (Lipinski definition) is 6. The summed E-state index contributed by atoms with van der Waals surface area (Å²) in [5, 5.41) is 0. The lowest BCUT2D eigenvalue weighted by atomic mass is 10.1. The molecule has 0 heterocycles. The van der Waals surface area contributed by atoms with E-state index in [0.29, 0.717) is 19.3 Å². The summed E-state index contributed by atoms with van der Waals surface area (Å²) in [4.78, 5) is 37.9. The predicted octanol–water partition coefficient (Wildman–Crippen LogP) is 19.8. The van der Waals surface area contributed by atoms with Crippen molar-refractivity contribution in [2.45, 2.75) is 252 Å². The molecule has 0 rings (SSSR count). The first-order valence-electron chi connectivity index (χ1n) is 29.2. The standard InChI is InChI=1S/C66H106O6/c1-4-7-10-13-16-18-20-22-24-26-27-28-29-30-31-32-33-34-35-36-37-38-39-40-42-43-45-47-50-53-56-59-65(68)71-62-63(61-70-64(67)58-55-52-49-15-12-9-6-3)72-66(69)60-57-54-51-48-46-44-41-25-23-21-19-17-14-11-8-5-2/h7,10,16,18-19,21-22,24-25,27-28,30-31,33-34,36-37,39-41,43,45,63H,4-6,8-9,11-15,17,20,23,26,29,32,35,38,42,44,46-62H2,1-3H3/b10-7-,18-16-,21-19-,24-22-,28-27-,31-30-,34-33-,37-36-,40-39-,41-25-,45-43-. The van der Waals surface area contributed by atoms with E-state index >= 15 is 0 Å². The van der Waals surface area contributed by atoms with Gasteiger partial charge in [-0.2, -0.15) is 0 Å². The zero-order chi connectivity index (χ0) is 52.2. The summed E-state index contributed by atoms with van der Waals surface area (Å²) >= 11 is 0. The molecule has 0 aliphatic carbocycles. The Morgan fingerprint density at radius 1 is 0.292 bits per heavy atom. The Morgan fingerprint density at radius 3 is 0.875 bits per heavy atom. The zero-order valence-electron chi connectivity index (χ0n) is 46.4. The molecule has 0 fully saturated rings. The minimum Gasteiger partial charge on any atom is -0.462 e. The van der Waals surface area contributed by atoms with Crippen molar-refractivity contribution in [3.05, 3.63) is 134 Å². The Bertz CT molecular complexity index is 1560. The van der Waals surface area contributed by atoms with Crippen molar-refractivity contribution < 1.29 is 28.6 Å². The van der Waals surface area contributed by atoms with E-state index in [4.69, 9.17) is 14.2 Å². The number of unbranched alkanes of at least 4 members (excludes halogenated alkanes) is 18. The third kappa shape index (κ3) is 56.5. The summed E-state index contributed by atoms with van der Waals surface area (Å²) < 4.78 is 16.7. The van der Waals surface area contributed by atoms with Gasteiger partial charge in [0.1, 0.15) is 13.2 Å². The number of hydrogen-bond donors (Lipinski definition) is 0. The lowest BCUT2D eigenvalue weighted by Crippen LogP contribution is -2.30. The second-order valence-electron chi connectivity index (χ2n) is 18.8. The first kappa shape index (κ1) is 67.5. The molecule has 0 bridgehead atoms. The van der Waals surface area contributed by atoms with E-state index in [-0.39, 0.29) is 31.1 Å². The second-order valence-corrected chi connectivity index (χ2v) is 18.8. The average molecular weight is 996 g/mol. The lowest BCUT2D eigenvalue weighted by molar-refractivity contribution is -0.167. The van der Waals surface area contributed by atoms with Crippen LogP contribution in [0.3, 0.4) is 0 Å². The van der Waals surface area contributed by atoms with Crippen LogP contribution >= 0.6 is 0 Å². The third-order valence-electron chi connectivity index (χ3n) is 11.9. The van der Waals surface area contributed by atoms with E-state index in [2.05, 4.69) is 154 Å². The van der Waals surface area contributed by atoms with Crippen LogP contribution in [-0.4, -0.2) is 37.2 Å². The molecule has 0 N–H and O–H groups in total. The number of esters is 3.